The van der Waals surface area contributed by atoms with Crippen LogP contribution in [-0.4, -0.2) is 23.3 Å². The first-order valence-electron chi connectivity index (χ1n) is 9.75. The minimum atomic E-state index is -0.324. The number of aliphatic hydroxyl groups excluding tert-OH is 1. The molecule has 0 aromatic carbocycles. The fourth-order valence-electron chi connectivity index (χ4n) is 5.96. The number of fused-ring (bicyclic) bond motifs is 1. The molecule has 2 aliphatic rings. The summed E-state index contributed by atoms with van der Waals surface area (Å²) < 4.78 is 5.78. The van der Waals surface area contributed by atoms with Crippen LogP contribution >= 0.6 is 0 Å². The zero-order chi connectivity index (χ0) is 18.8. The highest BCUT2D eigenvalue weighted by Gasteiger charge is 2.57. The number of aliphatic hydroxyl groups is 1. The third-order valence-electron chi connectivity index (χ3n) is 6.76. The summed E-state index contributed by atoms with van der Waals surface area (Å²) in [5.41, 5.74) is 1.41. The number of carbonyl (C=O) groups is 1. The third-order valence-corrected chi connectivity index (χ3v) is 6.76. The second-order valence-corrected chi connectivity index (χ2v) is 9.14. The smallest absolute Gasteiger partial charge is 0.302 e. The van der Waals surface area contributed by atoms with Crippen molar-refractivity contribution in [3.8, 4) is 0 Å². The second kappa shape index (κ2) is 7.65. The van der Waals surface area contributed by atoms with Gasteiger partial charge in [-0.1, -0.05) is 45.4 Å². The maximum atomic E-state index is 11.7. The molecular weight excluding hydrogens is 312 g/mol. The summed E-state index contributed by atoms with van der Waals surface area (Å²) in [5, 5.41) is 10.1. The van der Waals surface area contributed by atoms with E-state index < -0.39 is 0 Å². The molecule has 0 saturated heterocycles. The van der Waals surface area contributed by atoms with Crippen LogP contribution in [0.1, 0.15) is 72.6 Å². The third kappa shape index (κ3) is 4.19. The first-order valence-corrected chi connectivity index (χ1v) is 9.75. The van der Waals surface area contributed by atoms with E-state index in [4.69, 9.17) is 4.74 Å². The van der Waals surface area contributed by atoms with Crippen molar-refractivity contribution in [3.63, 3.8) is 0 Å². The molecule has 2 rings (SSSR count). The van der Waals surface area contributed by atoms with Gasteiger partial charge in [0.05, 0.1) is 6.10 Å². The molecule has 5 atom stereocenters. The van der Waals surface area contributed by atoms with Crippen molar-refractivity contribution in [2.75, 3.05) is 0 Å². The molecule has 2 saturated carbocycles. The van der Waals surface area contributed by atoms with Crippen LogP contribution in [0.25, 0.3) is 0 Å². The Morgan fingerprint density at radius 3 is 2.68 bits per heavy atom. The Hall–Kier alpha value is -1.09. The first kappa shape index (κ1) is 20.2. The van der Waals surface area contributed by atoms with Crippen LogP contribution in [0.4, 0.5) is 0 Å². The van der Waals surface area contributed by atoms with E-state index in [9.17, 15) is 9.90 Å². The minimum absolute atomic E-state index is 0.0698. The molecule has 2 fully saturated rings. The maximum Gasteiger partial charge on any atom is 0.302 e. The monoisotopic (exact) mass is 348 g/mol. The van der Waals surface area contributed by atoms with Crippen LogP contribution < -0.4 is 0 Å². The molecule has 0 amide bonds. The number of esters is 1. The minimum Gasteiger partial charge on any atom is -0.462 e. The predicted octanol–water partition coefficient (Wildman–Crippen LogP) is 5.04. The molecule has 0 aromatic rings. The van der Waals surface area contributed by atoms with Crippen molar-refractivity contribution in [1.29, 1.82) is 0 Å². The van der Waals surface area contributed by atoms with Crippen LogP contribution in [0.3, 0.4) is 0 Å². The Bertz CT molecular complexity index is 521. The number of hydrogen-bond donors (Lipinski definition) is 1. The second-order valence-electron chi connectivity index (χ2n) is 9.14. The summed E-state index contributed by atoms with van der Waals surface area (Å²) in [7, 11) is 0. The summed E-state index contributed by atoms with van der Waals surface area (Å²) in [6.07, 6.45) is 8.02. The van der Waals surface area contributed by atoms with E-state index in [1.807, 2.05) is 0 Å². The van der Waals surface area contributed by atoms with Crippen molar-refractivity contribution < 1.29 is 14.6 Å². The zero-order valence-corrected chi connectivity index (χ0v) is 16.5. The Labute approximate surface area is 153 Å². The van der Waals surface area contributed by atoms with Gasteiger partial charge in [-0.3, -0.25) is 4.79 Å². The van der Waals surface area contributed by atoms with E-state index in [1.165, 1.54) is 25.3 Å². The molecule has 5 unspecified atom stereocenters. The number of ether oxygens (including phenoxy) is 1. The van der Waals surface area contributed by atoms with E-state index in [0.29, 0.717) is 18.3 Å². The van der Waals surface area contributed by atoms with Crippen LogP contribution in [0.5, 0.6) is 0 Å². The summed E-state index contributed by atoms with van der Waals surface area (Å²) >= 11 is 0. The van der Waals surface area contributed by atoms with Gasteiger partial charge in [-0.25, -0.2) is 0 Å². The number of hydrogen-bond acceptors (Lipinski definition) is 3. The van der Waals surface area contributed by atoms with Gasteiger partial charge in [0.25, 0.3) is 0 Å². The zero-order valence-electron chi connectivity index (χ0n) is 16.5. The van der Waals surface area contributed by atoms with Gasteiger partial charge in [0.15, 0.2) is 0 Å². The van der Waals surface area contributed by atoms with Gasteiger partial charge in [0.2, 0.25) is 0 Å². The quantitative estimate of drug-likeness (QED) is 0.540. The molecule has 2 aliphatic carbocycles. The summed E-state index contributed by atoms with van der Waals surface area (Å²) in [6, 6.07) is 0. The van der Waals surface area contributed by atoms with Gasteiger partial charge in [-0.15, -0.1) is 6.58 Å². The molecule has 0 aromatic heterocycles. The summed E-state index contributed by atoms with van der Waals surface area (Å²) in [4.78, 5) is 11.7. The summed E-state index contributed by atoms with van der Waals surface area (Å²) in [5.74, 6) is 0.523. The van der Waals surface area contributed by atoms with Crippen LogP contribution in [-0.2, 0) is 9.53 Å². The molecule has 3 heteroatoms. The van der Waals surface area contributed by atoms with Gasteiger partial charge >= 0.3 is 5.97 Å². The molecular formula is C22H36O3. The van der Waals surface area contributed by atoms with E-state index in [-0.39, 0.29) is 29.0 Å². The SMILES string of the molecule is C=CCC(O)CCC1C(=C)CC(OC(C)=O)C2C(C)(C)CCCC12C. The Morgan fingerprint density at radius 2 is 2.08 bits per heavy atom. The van der Waals surface area contributed by atoms with Crippen molar-refractivity contribution in [2.45, 2.75) is 84.8 Å². The summed E-state index contributed by atoms with van der Waals surface area (Å²) in [6.45, 7) is 16.6. The lowest BCUT2D eigenvalue weighted by atomic mass is 9.46. The fraction of sp³-hybridized carbons (Fsp3) is 0.773. The van der Waals surface area contributed by atoms with Gasteiger partial charge in [-0.05, 0) is 48.9 Å². The highest BCUT2D eigenvalue weighted by molar-refractivity contribution is 5.66. The standard InChI is InChI=1S/C22H36O3/c1-7-9-17(24)10-11-18-15(2)14-19(25-16(3)23)20-21(4,5)12-8-13-22(18,20)6/h7,17-20,24H,1-2,8-14H2,3-6H3. The van der Waals surface area contributed by atoms with E-state index in [0.717, 1.165) is 25.7 Å². The molecule has 0 heterocycles. The van der Waals surface area contributed by atoms with Crippen molar-refractivity contribution in [2.24, 2.45) is 22.7 Å². The lowest BCUT2D eigenvalue weighted by Crippen LogP contribution is -2.56. The highest BCUT2D eigenvalue weighted by atomic mass is 16.5. The molecule has 1 N–H and O–H groups in total. The van der Waals surface area contributed by atoms with Crippen LogP contribution in [0.15, 0.2) is 24.8 Å². The lowest BCUT2D eigenvalue weighted by molar-refractivity contribution is -0.171. The van der Waals surface area contributed by atoms with Crippen molar-refractivity contribution >= 4 is 5.97 Å². The Kier molecular flexibility index (Phi) is 6.19. The number of carbonyl (C=O) groups excluding carboxylic acids is 1. The lowest BCUT2D eigenvalue weighted by Gasteiger charge is -2.60. The van der Waals surface area contributed by atoms with Gasteiger partial charge in [0.1, 0.15) is 6.10 Å². The van der Waals surface area contributed by atoms with Gasteiger partial charge < -0.3 is 9.84 Å². The van der Waals surface area contributed by atoms with Crippen molar-refractivity contribution in [1.82, 2.24) is 0 Å². The molecule has 0 spiro atoms. The fourth-order valence-corrected chi connectivity index (χ4v) is 5.96. The highest BCUT2D eigenvalue weighted by Crippen LogP contribution is 2.62. The van der Waals surface area contributed by atoms with Crippen molar-refractivity contribution in [3.05, 3.63) is 24.8 Å². The topological polar surface area (TPSA) is 46.5 Å². The molecule has 25 heavy (non-hydrogen) atoms. The first-order chi connectivity index (χ1) is 11.6. The molecule has 0 radical (unpaired) electrons. The average molecular weight is 349 g/mol. The van der Waals surface area contributed by atoms with E-state index in [2.05, 4.69) is 33.9 Å². The molecule has 3 nitrogen and oxygen atoms in total. The van der Waals surface area contributed by atoms with E-state index in [1.54, 1.807) is 6.08 Å². The number of rotatable bonds is 6. The largest absolute Gasteiger partial charge is 0.462 e. The molecule has 0 bridgehead atoms. The van der Waals surface area contributed by atoms with Gasteiger partial charge in [-0.2, -0.15) is 0 Å². The van der Waals surface area contributed by atoms with Gasteiger partial charge in [0, 0.05) is 19.3 Å². The molecule has 0 aliphatic heterocycles. The van der Waals surface area contributed by atoms with Crippen LogP contribution in [0, 0.1) is 22.7 Å². The van der Waals surface area contributed by atoms with Crippen LogP contribution in [0.2, 0.25) is 0 Å². The Morgan fingerprint density at radius 1 is 1.40 bits per heavy atom. The Balaban J connectivity index is 2.28. The maximum absolute atomic E-state index is 11.7. The predicted molar refractivity (Wildman–Crippen MR) is 102 cm³/mol. The average Bonchev–Trinajstić information content (AvgIpc) is 2.44. The normalized spacial score (nSPS) is 35.6. The van der Waals surface area contributed by atoms with E-state index >= 15 is 0 Å². The molecule has 142 valence electrons.